The Morgan fingerprint density at radius 3 is 2.80 bits per heavy atom. The van der Waals surface area contributed by atoms with E-state index in [1.54, 1.807) is 0 Å². The molecule has 1 aromatic carbocycles. The van der Waals surface area contributed by atoms with Gasteiger partial charge in [-0.3, -0.25) is 4.90 Å². The topological polar surface area (TPSA) is 23.5 Å². The second kappa shape index (κ2) is 5.07. The fourth-order valence-electron chi connectivity index (χ4n) is 4.98. The molecule has 1 aliphatic heterocycles. The number of piperidine rings is 1. The van der Waals surface area contributed by atoms with Gasteiger partial charge in [-0.1, -0.05) is 18.9 Å². The number of rotatable bonds is 1. The highest BCUT2D eigenvalue weighted by atomic mass is 16.3. The molecule has 2 aliphatic carbocycles. The highest BCUT2D eigenvalue weighted by molar-refractivity contribution is 5.40. The number of hydrogen-bond acceptors (Lipinski definition) is 2. The minimum Gasteiger partial charge on any atom is -0.508 e. The molecule has 4 rings (SSSR count). The molecule has 108 valence electrons. The molecule has 1 saturated carbocycles. The van der Waals surface area contributed by atoms with Gasteiger partial charge in [0.1, 0.15) is 5.75 Å². The third-order valence-corrected chi connectivity index (χ3v) is 5.86. The van der Waals surface area contributed by atoms with Gasteiger partial charge in [-0.15, -0.1) is 0 Å². The van der Waals surface area contributed by atoms with Gasteiger partial charge in [-0.05, 0) is 74.2 Å². The zero-order valence-electron chi connectivity index (χ0n) is 12.2. The molecule has 2 nitrogen and oxygen atoms in total. The number of phenolic OH excluding ortho intramolecular Hbond substituents is 1. The Labute approximate surface area is 121 Å². The molecule has 2 heteroatoms. The predicted molar refractivity (Wildman–Crippen MR) is 80.9 cm³/mol. The summed E-state index contributed by atoms with van der Waals surface area (Å²) in [5, 5.41) is 9.67. The van der Waals surface area contributed by atoms with Crippen LogP contribution in [0.1, 0.15) is 62.1 Å². The number of hydrogen-bond donors (Lipinski definition) is 1. The van der Waals surface area contributed by atoms with Crippen LogP contribution >= 0.6 is 0 Å². The molecule has 0 spiro atoms. The SMILES string of the molecule is Oc1ccc2c(c1)CCC2N1CCCC2CCCCC21. The van der Waals surface area contributed by atoms with Crippen LogP contribution in [0.15, 0.2) is 18.2 Å². The molecule has 20 heavy (non-hydrogen) atoms. The van der Waals surface area contributed by atoms with Crippen molar-refractivity contribution < 1.29 is 5.11 Å². The maximum atomic E-state index is 9.67. The Morgan fingerprint density at radius 1 is 1.00 bits per heavy atom. The third kappa shape index (κ3) is 2.05. The van der Waals surface area contributed by atoms with Crippen molar-refractivity contribution in [2.45, 2.75) is 63.5 Å². The summed E-state index contributed by atoms with van der Waals surface area (Å²) in [6.45, 7) is 1.28. The van der Waals surface area contributed by atoms with Gasteiger partial charge in [-0.2, -0.15) is 0 Å². The first-order valence-corrected chi connectivity index (χ1v) is 8.40. The quantitative estimate of drug-likeness (QED) is 0.833. The maximum Gasteiger partial charge on any atom is 0.115 e. The van der Waals surface area contributed by atoms with E-state index in [-0.39, 0.29) is 0 Å². The van der Waals surface area contributed by atoms with Gasteiger partial charge in [0, 0.05) is 12.1 Å². The number of aromatic hydroxyl groups is 1. The first-order chi connectivity index (χ1) is 9.83. The van der Waals surface area contributed by atoms with Crippen molar-refractivity contribution in [3.63, 3.8) is 0 Å². The van der Waals surface area contributed by atoms with Crippen molar-refractivity contribution in [3.8, 4) is 5.75 Å². The Morgan fingerprint density at radius 2 is 1.85 bits per heavy atom. The summed E-state index contributed by atoms with van der Waals surface area (Å²) in [7, 11) is 0. The monoisotopic (exact) mass is 271 g/mol. The number of fused-ring (bicyclic) bond motifs is 2. The Balaban J connectivity index is 1.62. The molecule has 0 bridgehead atoms. The van der Waals surface area contributed by atoms with Crippen LogP contribution in [-0.4, -0.2) is 22.6 Å². The summed E-state index contributed by atoms with van der Waals surface area (Å²) in [6.07, 6.45) is 11.0. The van der Waals surface area contributed by atoms with Gasteiger partial charge in [0.25, 0.3) is 0 Å². The van der Waals surface area contributed by atoms with Crippen molar-refractivity contribution in [1.29, 1.82) is 0 Å². The lowest BCUT2D eigenvalue weighted by Crippen LogP contribution is -2.47. The maximum absolute atomic E-state index is 9.67. The molecule has 3 aliphatic rings. The molecule has 0 amide bonds. The second-order valence-corrected chi connectivity index (χ2v) is 6.93. The molecule has 2 fully saturated rings. The van der Waals surface area contributed by atoms with Gasteiger partial charge in [0.15, 0.2) is 0 Å². The lowest BCUT2D eigenvalue weighted by molar-refractivity contribution is 0.0254. The smallest absolute Gasteiger partial charge is 0.115 e. The number of likely N-dealkylation sites (tertiary alicyclic amines) is 1. The van der Waals surface area contributed by atoms with Crippen LogP contribution in [0.4, 0.5) is 0 Å². The van der Waals surface area contributed by atoms with Crippen LogP contribution in [0.3, 0.4) is 0 Å². The van der Waals surface area contributed by atoms with Crippen molar-refractivity contribution in [3.05, 3.63) is 29.3 Å². The van der Waals surface area contributed by atoms with Crippen molar-refractivity contribution in [2.75, 3.05) is 6.54 Å². The van der Waals surface area contributed by atoms with Gasteiger partial charge in [0.05, 0.1) is 0 Å². The number of nitrogens with zero attached hydrogens (tertiary/aromatic N) is 1. The molecule has 1 N–H and O–H groups in total. The lowest BCUT2D eigenvalue weighted by atomic mass is 9.77. The van der Waals surface area contributed by atoms with E-state index >= 15 is 0 Å². The number of aryl methyl sites for hydroxylation is 1. The van der Waals surface area contributed by atoms with Crippen molar-refractivity contribution >= 4 is 0 Å². The van der Waals surface area contributed by atoms with Crippen LogP contribution < -0.4 is 0 Å². The lowest BCUT2D eigenvalue weighted by Gasteiger charge is -2.47. The Kier molecular flexibility index (Phi) is 3.22. The summed E-state index contributed by atoms with van der Waals surface area (Å²) in [6, 6.07) is 7.49. The van der Waals surface area contributed by atoms with Gasteiger partial charge < -0.3 is 5.11 Å². The molecule has 3 atom stereocenters. The standard InChI is InChI=1S/C18H25NO/c20-15-8-9-16-14(12-15)7-10-18(16)19-11-3-5-13-4-1-2-6-17(13)19/h8-9,12-13,17-18,20H,1-7,10-11H2. The molecule has 0 radical (unpaired) electrons. The highest BCUT2D eigenvalue weighted by Gasteiger charge is 2.39. The van der Waals surface area contributed by atoms with E-state index in [4.69, 9.17) is 0 Å². The Bertz CT molecular complexity index is 496. The van der Waals surface area contributed by atoms with E-state index in [1.807, 2.05) is 12.1 Å². The van der Waals surface area contributed by atoms with E-state index in [1.165, 1.54) is 62.6 Å². The predicted octanol–water partition coefficient (Wildman–Crippen LogP) is 4.03. The summed E-state index contributed by atoms with van der Waals surface area (Å²) in [4.78, 5) is 2.83. The number of phenols is 1. The zero-order valence-corrected chi connectivity index (χ0v) is 12.2. The van der Waals surface area contributed by atoms with E-state index < -0.39 is 0 Å². The van der Waals surface area contributed by atoms with Crippen LogP contribution in [0.5, 0.6) is 5.75 Å². The molecular weight excluding hydrogens is 246 g/mol. The van der Waals surface area contributed by atoms with Crippen LogP contribution in [0.25, 0.3) is 0 Å². The summed E-state index contributed by atoms with van der Waals surface area (Å²) >= 11 is 0. The fourth-order valence-corrected chi connectivity index (χ4v) is 4.98. The van der Waals surface area contributed by atoms with Gasteiger partial charge >= 0.3 is 0 Å². The second-order valence-electron chi connectivity index (χ2n) is 6.93. The first kappa shape index (κ1) is 12.7. The average molecular weight is 271 g/mol. The van der Waals surface area contributed by atoms with Gasteiger partial charge in [-0.25, -0.2) is 0 Å². The molecule has 1 heterocycles. The van der Waals surface area contributed by atoms with E-state index in [2.05, 4.69) is 11.0 Å². The highest BCUT2D eigenvalue weighted by Crippen LogP contribution is 2.44. The molecule has 3 unspecified atom stereocenters. The van der Waals surface area contributed by atoms with E-state index in [0.717, 1.165) is 18.4 Å². The fraction of sp³-hybridized carbons (Fsp3) is 0.667. The molecule has 1 aromatic rings. The summed E-state index contributed by atoms with van der Waals surface area (Å²) < 4.78 is 0. The summed E-state index contributed by atoms with van der Waals surface area (Å²) in [5.41, 5.74) is 2.88. The van der Waals surface area contributed by atoms with E-state index in [9.17, 15) is 5.11 Å². The van der Waals surface area contributed by atoms with Crippen LogP contribution in [-0.2, 0) is 6.42 Å². The first-order valence-electron chi connectivity index (χ1n) is 8.40. The largest absolute Gasteiger partial charge is 0.508 e. The van der Waals surface area contributed by atoms with E-state index in [0.29, 0.717) is 11.8 Å². The molecule has 1 saturated heterocycles. The van der Waals surface area contributed by atoms with Gasteiger partial charge in [0.2, 0.25) is 0 Å². The molecular formula is C18H25NO. The summed E-state index contributed by atoms with van der Waals surface area (Å²) in [5.74, 6) is 1.39. The third-order valence-electron chi connectivity index (χ3n) is 5.86. The average Bonchev–Trinajstić information content (AvgIpc) is 2.89. The minimum absolute atomic E-state index is 0.429. The van der Waals surface area contributed by atoms with Crippen molar-refractivity contribution in [2.24, 2.45) is 5.92 Å². The number of benzene rings is 1. The molecule has 0 aromatic heterocycles. The minimum atomic E-state index is 0.429. The Hall–Kier alpha value is -1.02. The van der Waals surface area contributed by atoms with Crippen molar-refractivity contribution in [1.82, 2.24) is 4.90 Å². The van der Waals surface area contributed by atoms with Crippen LogP contribution in [0, 0.1) is 5.92 Å². The normalized spacial score (nSPS) is 33.7. The van der Waals surface area contributed by atoms with Crippen LogP contribution in [0.2, 0.25) is 0 Å². The zero-order chi connectivity index (χ0) is 13.5.